The lowest BCUT2D eigenvalue weighted by molar-refractivity contribution is 0.238. The van der Waals surface area contributed by atoms with Crippen molar-refractivity contribution in [2.24, 2.45) is 11.7 Å². The van der Waals surface area contributed by atoms with Gasteiger partial charge in [0.2, 0.25) is 0 Å². The van der Waals surface area contributed by atoms with Gasteiger partial charge in [-0.05, 0) is 25.5 Å². The Morgan fingerprint density at radius 2 is 2.35 bits per heavy atom. The standard InChI is InChI=1S/C13H19FN2O/c1-9(15)13-11(14)3-2-4-12(13)16-6-5-10(7-16)8-17/h2-4,9-10,17H,5-8,15H2,1H3/t9-,10?/m1/s1. The predicted molar refractivity (Wildman–Crippen MR) is 66.4 cm³/mol. The van der Waals surface area contributed by atoms with E-state index in [-0.39, 0.29) is 18.5 Å². The Morgan fingerprint density at radius 1 is 1.59 bits per heavy atom. The number of aliphatic hydroxyl groups excluding tert-OH is 1. The molecule has 0 radical (unpaired) electrons. The molecule has 3 N–H and O–H groups in total. The van der Waals surface area contributed by atoms with Gasteiger partial charge in [0.1, 0.15) is 5.82 Å². The number of hydrogen-bond acceptors (Lipinski definition) is 3. The van der Waals surface area contributed by atoms with Crippen molar-refractivity contribution in [3.8, 4) is 0 Å². The largest absolute Gasteiger partial charge is 0.396 e. The van der Waals surface area contributed by atoms with Gasteiger partial charge in [-0.1, -0.05) is 6.07 Å². The molecule has 0 saturated carbocycles. The fourth-order valence-corrected chi connectivity index (χ4v) is 2.45. The lowest BCUT2D eigenvalue weighted by Gasteiger charge is -2.24. The van der Waals surface area contributed by atoms with Crippen molar-refractivity contribution in [3.63, 3.8) is 0 Å². The van der Waals surface area contributed by atoms with Crippen molar-refractivity contribution in [3.05, 3.63) is 29.6 Å². The van der Waals surface area contributed by atoms with Gasteiger partial charge in [0.05, 0.1) is 0 Å². The van der Waals surface area contributed by atoms with E-state index in [0.29, 0.717) is 11.5 Å². The van der Waals surface area contributed by atoms with E-state index < -0.39 is 0 Å². The molecule has 0 aromatic heterocycles. The summed E-state index contributed by atoms with van der Waals surface area (Å²) < 4.78 is 13.8. The van der Waals surface area contributed by atoms with Crippen LogP contribution in [0.5, 0.6) is 0 Å². The number of benzene rings is 1. The molecule has 1 aromatic carbocycles. The molecule has 0 spiro atoms. The number of nitrogens with two attached hydrogens (primary N) is 1. The predicted octanol–water partition coefficient (Wildman–Crippen LogP) is 1.66. The first-order chi connectivity index (χ1) is 8.13. The van der Waals surface area contributed by atoms with E-state index in [9.17, 15) is 4.39 Å². The molecule has 1 heterocycles. The van der Waals surface area contributed by atoms with Gasteiger partial charge < -0.3 is 15.7 Å². The summed E-state index contributed by atoms with van der Waals surface area (Å²) in [5.74, 6) is 0.0455. The van der Waals surface area contributed by atoms with Crippen molar-refractivity contribution in [2.75, 3.05) is 24.6 Å². The first-order valence-corrected chi connectivity index (χ1v) is 6.03. The van der Waals surface area contributed by atoms with Crippen LogP contribution in [0.15, 0.2) is 18.2 Å². The maximum atomic E-state index is 13.8. The SMILES string of the molecule is C[C@@H](N)c1c(F)cccc1N1CCC(CO)C1. The van der Waals surface area contributed by atoms with Gasteiger partial charge in [0.25, 0.3) is 0 Å². The molecular weight excluding hydrogens is 219 g/mol. The summed E-state index contributed by atoms with van der Waals surface area (Å²) in [5.41, 5.74) is 7.28. The van der Waals surface area contributed by atoms with E-state index in [2.05, 4.69) is 4.90 Å². The zero-order chi connectivity index (χ0) is 12.4. The van der Waals surface area contributed by atoms with Crippen LogP contribution in [0, 0.1) is 11.7 Å². The third-order valence-corrected chi connectivity index (χ3v) is 3.37. The zero-order valence-corrected chi connectivity index (χ0v) is 10.1. The van der Waals surface area contributed by atoms with Crippen molar-refractivity contribution in [1.82, 2.24) is 0 Å². The molecule has 17 heavy (non-hydrogen) atoms. The van der Waals surface area contributed by atoms with Crippen molar-refractivity contribution < 1.29 is 9.50 Å². The molecule has 0 aliphatic carbocycles. The molecule has 0 amide bonds. The Bertz CT molecular complexity index is 395. The van der Waals surface area contributed by atoms with Crippen molar-refractivity contribution >= 4 is 5.69 Å². The molecule has 1 aliphatic heterocycles. The van der Waals surface area contributed by atoms with Gasteiger partial charge in [-0.3, -0.25) is 0 Å². The Labute approximate surface area is 101 Å². The molecule has 1 unspecified atom stereocenters. The van der Waals surface area contributed by atoms with Gasteiger partial charge in [-0.2, -0.15) is 0 Å². The van der Waals surface area contributed by atoms with Crippen LogP contribution in [0.25, 0.3) is 0 Å². The van der Waals surface area contributed by atoms with Crippen LogP contribution in [0.1, 0.15) is 24.9 Å². The average Bonchev–Trinajstić information content (AvgIpc) is 2.76. The number of anilines is 1. The number of nitrogens with zero attached hydrogens (tertiary/aromatic N) is 1. The van der Waals surface area contributed by atoms with Gasteiger partial charge in [0, 0.05) is 42.9 Å². The van der Waals surface area contributed by atoms with Gasteiger partial charge in [-0.25, -0.2) is 4.39 Å². The average molecular weight is 238 g/mol. The zero-order valence-electron chi connectivity index (χ0n) is 10.1. The van der Waals surface area contributed by atoms with E-state index in [4.69, 9.17) is 10.8 Å². The molecule has 3 nitrogen and oxygen atoms in total. The van der Waals surface area contributed by atoms with Crippen LogP contribution in [0.2, 0.25) is 0 Å². The van der Waals surface area contributed by atoms with Crippen LogP contribution >= 0.6 is 0 Å². The molecular formula is C13H19FN2O. The minimum atomic E-state index is -0.320. The molecule has 2 atom stereocenters. The van der Waals surface area contributed by atoms with E-state index in [1.807, 2.05) is 6.07 Å². The van der Waals surface area contributed by atoms with E-state index in [1.54, 1.807) is 13.0 Å². The van der Waals surface area contributed by atoms with Crippen molar-refractivity contribution in [1.29, 1.82) is 0 Å². The first kappa shape index (κ1) is 12.3. The molecule has 94 valence electrons. The minimum absolute atomic E-state index is 0.194. The maximum absolute atomic E-state index is 13.8. The molecule has 1 aromatic rings. The quantitative estimate of drug-likeness (QED) is 0.842. The Hall–Kier alpha value is -1.13. The molecule has 4 heteroatoms. The van der Waals surface area contributed by atoms with Gasteiger partial charge >= 0.3 is 0 Å². The number of rotatable bonds is 3. The number of hydrogen-bond donors (Lipinski definition) is 2. The Balaban J connectivity index is 2.29. The summed E-state index contributed by atoms with van der Waals surface area (Å²) in [7, 11) is 0. The Kier molecular flexibility index (Phi) is 3.64. The highest BCUT2D eigenvalue weighted by Gasteiger charge is 2.25. The molecule has 1 fully saturated rings. The highest BCUT2D eigenvalue weighted by Crippen LogP contribution is 2.31. The van der Waals surface area contributed by atoms with Crippen LogP contribution < -0.4 is 10.6 Å². The number of halogens is 1. The smallest absolute Gasteiger partial charge is 0.130 e. The number of aliphatic hydroxyl groups is 1. The monoisotopic (exact) mass is 238 g/mol. The summed E-state index contributed by atoms with van der Waals surface area (Å²) in [4.78, 5) is 2.11. The summed E-state index contributed by atoms with van der Waals surface area (Å²) in [6, 6.07) is 4.74. The fourth-order valence-electron chi connectivity index (χ4n) is 2.45. The molecule has 1 saturated heterocycles. The summed E-state index contributed by atoms with van der Waals surface area (Å²) in [5, 5.41) is 9.14. The lowest BCUT2D eigenvalue weighted by atomic mass is 10.1. The summed E-state index contributed by atoms with van der Waals surface area (Å²) in [6.45, 7) is 3.62. The second kappa shape index (κ2) is 5.02. The molecule has 0 bridgehead atoms. The van der Waals surface area contributed by atoms with Crippen LogP contribution in [-0.4, -0.2) is 24.8 Å². The Morgan fingerprint density at radius 3 is 2.94 bits per heavy atom. The van der Waals surface area contributed by atoms with Crippen LogP contribution in [0.3, 0.4) is 0 Å². The highest BCUT2D eigenvalue weighted by molar-refractivity contribution is 5.56. The lowest BCUT2D eigenvalue weighted by Crippen LogP contribution is -2.24. The van der Waals surface area contributed by atoms with E-state index in [0.717, 1.165) is 25.2 Å². The topological polar surface area (TPSA) is 49.5 Å². The summed E-state index contributed by atoms with van der Waals surface area (Å²) in [6.07, 6.45) is 0.950. The second-order valence-electron chi connectivity index (χ2n) is 4.74. The summed E-state index contributed by atoms with van der Waals surface area (Å²) >= 11 is 0. The van der Waals surface area contributed by atoms with Gasteiger partial charge in [0.15, 0.2) is 0 Å². The fraction of sp³-hybridized carbons (Fsp3) is 0.538. The highest BCUT2D eigenvalue weighted by atomic mass is 19.1. The minimum Gasteiger partial charge on any atom is -0.396 e. The maximum Gasteiger partial charge on any atom is 0.130 e. The van der Waals surface area contributed by atoms with E-state index in [1.165, 1.54) is 6.07 Å². The molecule has 1 aliphatic rings. The molecule has 2 rings (SSSR count). The third kappa shape index (κ3) is 2.42. The van der Waals surface area contributed by atoms with E-state index >= 15 is 0 Å². The van der Waals surface area contributed by atoms with Crippen LogP contribution in [0.4, 0.5) is 10.1 Å². The third-order valence-electron chi connectivity index (χ3n) is 3.37. The second-order valence-corrected chi connectivity index (χ2v) is 4.74. The first-order valence-electron chi connectivity index (χ1n) is 6.03. The van der Waals surface area contributed by atoms with Gasteiger partial charge in [-0.15, -0.1) is 0 Å². The van der Waals surface area contributed by atoms with Crippen LogP contribution in [-0.2, 0) is 0 Å². The van der Waals surface area contributed by atoms with Crippen molar-refractivity contribution in [2.45, 2.75) is 19.4 Å². The normalized spacial score (nSPS) is 21.9.